The van der Waals surface area contributed by atoms with E-state index in [0.29, 0.717) is 17.5 Å². The van der Waals surface area contributed by atoms with Gasteiger partial charge in [-0.1, -0.05) is 23.4 Å². The van der Waals surface area contributed by atoms with Crippen LogP contribution in [0.25, 0.3) is 22.6 Å². The molecular formula is C14H15N3O2S. The van der Waals surface area contributed by atoms with Crippen LogP contribution in [0.5, 0.6) is 0 Å². The van der Waals surface area contributed by atoms with Crippen molar-refractivity contribution in [1.29, 1.82) is 0 Å². The highest BCUT2D eigenvalue weighted by molar-refractivity contribution is 7.98. The van der Waals surface area contributed by atoms with Gasteiger partial charge in [-0.2, -0.15) is 16.7 Å². The van der Waals surface area contributed by atoms with Crippen molar-refractivity contribution in [3.63, 3.8) is 0 Å². The van der Waals surface area contributed by atoms with Gasteiger partial charge in [-0.05, 0) is 30.6 Å². The molecule has 1 atom stereocenters. The second-order valence-corrected chi connectivity index (χ2v) is 5.48. The molecule has 0 bridgehead atoms. The summed E-state index contributed by atoms with van der Waals surface area (Å²) >= 11 is 1.74. The third kappa shape index (κ3) is 2.57. The fraction of sp³-hybridized carbons (Fsp3) is 0.286. The lowest BCUT2D eigenvalue weighted by Gasteiger charge is -2.03. The van der Waals surface area contributed by atoms with Crippen LogP contribution in [0.4, 0.5) is 0 Å². The zero-order chi connectivity index (χ0) is 13.9. The Balaban J connectivity index is 1.85. The smallest absolute Gasteiger partial charge is 0.244 e. The Bertz CT molecular complexity index is 674. The highest BCUT2D eigenvalue weighted by atomic mass is 32.2. The van der Waals surface area contributed by atoms with Gasteiger partial charge < -0.3 is 14.7 Å². The molecule has 5 nitrogen and oxygen atoms in total. The number of para-hydroxylation sites is 1. The van der Waals surface area contributed by atoms with Crippen LogP contribution in [0, 0.1) is 0 Å². The molecule has 3 aromatic rings. The van der Waals surface area contributed by atoms with Crippen molar-refractivity contribution in [2.45, 2.75) is 12.5 Å². The Morgan fingerprint density at radius 1 is 1.35 bits per heavy atom. The zero-order valence-corrected chi connectivity index (χ0v) is 11.9. The first kappa shape index (κ1) is 13.2. The van der Waals surface area contributed by atoms with E-state index in [1.165, 1.54) is 0 Å². The lowest BCUT2D eigenvalue weighted by Crippen LogP contribution is -2.11. The predicted molar refractivity (Wildman–Crippen MR) is 79.4 cm³/mol. The predicted octanol–water partition coefficient (Wildman–Crippen LogP) is 3.24. The van der Waals surface area contributed by atoms with Crippen molar-refractivity contribution in [2.24, 2.45) is 5.73 Å². The second kappa shape index (κ2) is 5.68. The molecule has 6 heteroatoms. The average molecular weight is 289 g/mol. The number of nitrogens with zero attached hydrogens (tertiary/aromatic N) is 2. The summed E-state index contributed by atoms with van der Waals surface area (Å²) in [6.45, 7) is 0. The highest BCUT2D eigenvalue weighted by Gasteiger charge is 2.17. The topological polar surface area (TPSA) is 78.1 Å². The van der Waals surface area contributed by atoms with E-state index in [-0.39, 0.29) is 6.04 Å². The quantitative estimate of drug-likeness (QED) is 0.777. The van der Waals surface area contributed by atoms with Crippen LogP contribution in [-0.2, 0) is 0 Å². The summed E-state index contributed by atoms with van der Waals surface area (Å²) in [7, 11) is 0. The first-order valence-corrected chi connectivity index (χ1v) is 7.74. The van der Waals surface area contributed by atoms with Crippen molar-refractivity contribution >= 4 is 22.7 Å². The van der Waals surface area contributed by atoms with Crippen LogP contribution in [-0.4, -0.2) is 22.1 Å². The first-order chi connectivity index (χ1) is 9.78. The van der Waals surface area contributed by atoms with Gasteiger partial charge in [0.15, 0.2) is 5.76 Å². The SMILES string of the molecule is CSCCC(N)c1nc(-c2cc3ccccc3o2)no1. The number of furan rings is 1. The summed E-state index contributed by atoms with van der Waals surface area (Å²) in [6.07, 6.45) is 2.85. The van der Waals surface area contributed by atoms with Gasteiger partial charge in [0, 0.05) is 5.39 Å². The van der Waals surface area contributed by atoms with Crippen LogP contribution in [0.2, 0.25) is 0 Å². The van der Waals surface area contributed by atoms with Gasteiger partial charge in [-0.25, -0.2) is 0 Å². The monoisotopic (exact) mass is 289 g/mol. The molecule has 3 rings (SSSR count). The van der Waals surface area contributed by atoms with Crippen molar-refractivity contribution in [3.8, 4) is 11.6 Å². The molecule has 1 unspecified atom stereocenters. The highest BCUT2D eigenvalue weighted by Crippen LogP contribution is 2.26. The molecule has 1 aromatic carbocycles. The van der Waals surface area contributed by atoms with Crippen LogP contribution in [0.15, 0.2) is 39.3 Å². The van der Waals surface area contributed by atoms with E-state index in [2.05, 4.69) is 10.1 Å². The lowest BCUT2D eigenvalue weighted by molar-refractivity contribution is 0.352. The van der Waals surface area contributed by atoms with E-state index < -0.39 is 0 Å². The van der Waals surface area contributed by atoms with E-state index in [9.17, 15) is 0 Å². The summed E-state index contributed by atoms with van der Waals surface area (Å²) in [5, 5.41) is 4.96. The maximum atomic E-state index is 6.01. The van der Waals surface area contributed by atoms with Gasteiger partial charge in [-0.3, -0.25) is 0 Å². The van der Waals surface area contributed by atoms with Crippen LogP contribution < -0.4 is 5.73 Å². The molecule has 0 saturated carbocycles. The van der Waals surface area contributed by atoms with Crippen LogP contribution in [0.1, 0.15) is 18.4 Å². The van der Waals surface area contributed by atoms with E-state index in [1.807, 2.05) is 36.6 Å². The Labute approximate surface area is 120 Å². The molecular weight excluding hydrogens is 274 g/mol. The average Bonchev–Trinajstić information content (AvgIpc) is 3.10. The summed E-state index contributed by atoms with van der Waals surface area (Å²) < 4.78 is 10.9. The summed E-state index contributed by atoms with van der Waals surface area (Å²) in [5.41, 5.74) is 6.81. The molecule has 2 heterocycles. The van der Waals surface area contributed by atoms with E-state index in [1.54, 1.807) is 11.8 Å². The molecule has 20 heavy (non-hydrogen) atoms. The van der Waals surface area contributed by atoms with E-state index >= 15 is 0 Å². The van der Waals surface area contributed by atoms with Gasteiger partial charge in [0.05, 0.1) is 6.04 Å². The Morgan fingerprint density at radius 3 is 3.00 bits per heavy atom. The number of hydrogen-bond acceptors (Lipinski definition) is 6. The molecule has 0 aliphatic rings. The Kier molecular flexibility index (Phi) is 3.75. The molecule has 0 saturated heterocycles. The third-order valence-corrected chi connectivity index (χ3v) is 3.68. The first-order valence-electron chi connectivity index (χ1n) is 6.35. The number of aromatic nitrogens is 2. The fourth-order valence-corrected chi connectivity index (χ4v) is 2.44. The molecule has 0 spiro atoms. The number of fused-ring (bicyclic) bond motifs is 1. The number of nitrogens with two attached hydrogens (primary N) is 1. The standard InChI is InChI=1S/C14H15N3O2S/c1-20-7-6-10(15)14-16-13(17-19-14)12-8-9-4-2-3-5-11(9)18-12/h2-5,8,10H,6-7,15H2,1H3. The summed E-state index contributed by atoms with van der Waals surface area (Å²) in [4.78, 5) is 4.32. The Hall–Kier alpha value is -1.79. The van der Waals surface area contributed by atoms with Crippen LogP contribution in [0.3, 0.4) is 0 Å². The minimum absolute atomic E-state index is 0.229. The second-order valence-electron chi connectivity index (χ2n) is 4.49. The fourth-order valence-electron chi connectivity index (χ4n) is 1.95. The molecule has 104 valence electrons. The maximum absolute atomic E-state index is 6.01. The zero-order valence-electron chi connectivity index (χ0n) is 11.1. The van der Waals surface area contributed by atoms with Crippen molar-refractivity contribution in [1.82, 2.24) is 10.1 Å². The summed E-state index contributed by atoms with van der Waals surface area (Å²) in [5.74, 6) is 2.45. The molecule has 0 radical (unpaired) electrons. The number of benzene rings is 1. The van der Waals surface area contributed by atoms with E-state index in [0.717, 1.165) is 23.1 Å². The summed E-state index contributed by atoms with van der Waals surface area (Å²) in [6, 6.07) is 9.44. The largest absolute Gasteiger partial charge is 0.453 e. The minimum atomic E-state index is -0.229. The molecule has 0 fully saturated rings. The van der Waals surface area contributed by atoms with Gasteiger partial charge in [0.1, 0.15) is 5.58 Å². The molecule has 2 aromatic heterocycles. The van der Waals surface area contributed by atoms with Crippen molar-refractivity contribution < 1.29 is 8.94 Å². The van der Waals surface area contributed by atoms with Gasteiger partial charge >= 0.3 is 0 Å². The maximum Gasteiger partial charge on any atom is 0.244 e. The van der Waals surface area contributed by atoms with Gasteiger partial charge in [0.2, 0.25) is 11.7 Å². The molecule has 2 N–H and O–H groups in total. The number of thioether (sulfide) groups is 1. The minimum Gasteiger partial charge on any atom is -0.453 e. The molecule has 0 amide bonds. The normalized spacial score (nSPS) is 12.9. The number of rotatable bonds is 5. The number of hydrogen-bond donors (Lipinski definition) is 1. The van der Waals surface area contributed by atoms with Gasteiger partial charge in [0.25, 0.3) is 0 Å². The Morgan fingerprint density at radius 2 is 2.20 bits per heavy atom. The van der Waals surface area contributed by atoms with Crippen molar-refractivity contribution in [2.75, 3.05) is 12.0 Å². The van der Waals surface area contributed by atoms with E-state index in [4.69, 9.17) is 14.7 Å². The lowest BCUT2D eigenvalue weighted by atomic mass is 10.2. The molecule has 0 aliphatic heterocycles. The van der Waals surface area contributed by atoms with Crippen molar-refractivity contribution in [3.05, 3.63) is 36.2 Å². The third-order valence-electron chi connectivity index (χ3n) is 3.04. The molecule has 0 aliphatic carbocycles. The van der Waals surface area contributed by atoms with Crippen LogP contribution >= 0.6 is 11.8 Å². The van der Waals surface area contributed by atoms with Gasteiger partial charge in [-0.15, -0.1) is 0 Å².